The number of carbonyl (C=O) groups excluding carboxylic acids is 3. The van der Waals surface area contributed by atoms with Crippen LogP contribution in [0, 0.1) is 13.8 Å². The number of carbonyl (C=O) groups is 3. The molecule has 0 saturated carbocycles. The molecule has 2 heterocycles. The average Bonchev–Trinajstić information content (AvgIpc) is 3.12. The minimum atomic E-state index is -0.452. The van der Waals surface area contributed by atoms with Crippen LogP contribution in [0.15, 0.2) is 24.3 Å². The Kier molecular flexibility index (Phi) is 5.25. The van der Waals surface area contributed by atoms with Crippen molar-refractivity contribution in [2.45, 2.75) is 40.3 Å². The second-order valence-electron chi connectivity index (χ2n) is 6.54. The summed E-state index contributed by atoms with van der Waals surface area (Å²) in [5, 5.41) is 9.66. The SMILES string of the molecule is CCCn1nc(C)c(CNC(=O)c2ccc(N3CC(=O)NC3=O)cc2)c1C. The standard InChI is InChI=1S/C19H23N5O3/c1-4-9-24-13(3)16(12(2)22-24)10-20-18(26)14-5-7-15(8-6-14)23-11-17(25)21-19(23)27/h5-8H,4,9-11H2,1-3H3,(H,20,26)(H,21,25,27). The number of urea groups is 1. The van der Waals surface area contributed by atoms with Crippen LogP contribution in [0.4, 0.5) is 10.5 Å². The quantitative estimate of drug-likeness (QED) is 0.760. The van der Waals surface area contributed by atoms with E-state index in [2.05, 4.69) is 22.7 Å². The number of aryl methyl sites for hydroxylation is 2. The number of hydrogen-bond donors (Lipinski definition) is 2. The third kappa shape index (κ3) is 3.84. The molecule has 0 spiro atoms. The summed E-state index contributed by atoms with van der Waals surface area (Å²) in [7, 11) is 0. The second-order valence-corrected chi connectivity index (χ2v) is 6.54. The van der Waals surface area contributed by atoms with Crippen molar-refractivity contribution < 1.29 is 14.4 Å². The van der Waals surface area contributed by atoms with E-state index in [1.54, 1.807) is 24.3 Å². The van der Waals surface area contributed by atoms with E-state index in [-0.39, 0.29) is 18.4 Å². The number of aromatic nitrogens is 2. The van der Waals surface area contributed by atoms with Crippen molar-refractivity contribution in [2.75, 3.05) is 11.4 Å². The maximum absolute atomic E-state index is 12.4. The molecule has 2 N–H and O–H groups in total. The van der Waals surface area contributed by atoms with E-state index in [0.717, 1.165) is 29.9 Å². The molecule has 1 aliphatic heterocycles. The van der Waals surface area contributed by atoms with Crippen LogP contribution < -0.4 is 15.5 Å². The van der Waals surface area contributed by atoms with Gasteiger partial charge in [0.1, 0.15) is 6.54 Å². The Hall–Kier alpha value is -3.16. The summed E-state index contributed by atoms with van der Waals surface area (Å²) in [6.07, 6.45) is 1.00. The molecule has 1 fully saturated rings. The summed E-state index contributed by atoms with van der Waals surface area (Å²) in [5.41, 5.74) is 4.07. The number of amides is 4. The Morgan fingerprint density at radius 2 is 1.93 bits per heavy atom. The molecule has 0 unspecified atom stereocenters. The van der Waals surface area contributed by atoms with Crippen LogP contribution in [0.25, 0.3) is 0 Å². The minimum Gasteiger partial charge on any atom is -0.348 e. The van der Waals surface area contributed by atoms with Gasteiger partial charge in [0.05, 0.1) is 5.69 Å². The molecule has 142 valence electrons. The molecule has 3 rings (SSSR count). The van der Waals surface area contributed by atoms with Crippen LogP contribution in [-0.4, -0.2) is 34.2 Å². The van der Waals surface area contributed by atoms with Gasteiger partial charge in [-0.25, -0.2) is 4.79 Å². The zero-order valence-electron chi connectivity index (χ0n) is 15.7. The summed E-state index contributed by atoms with van der Waals surface area (Å²) in [5.74, 6) is -0.540. The highest BCUT2D eigenvalue weighted by Crippen LogP contribution is 2.18. The van der Waals surface area contributed by atoms with Crippen LogP contribution in [0.5, 0.6) is 0 Å². The van der Waals surface area contributed by atoms with Gasteiger partial charge < -0.3 is 5.32 Å². The molecule has 1 aromatic carbocycles. The number of imide groups is 1. The number of nitrogens with one attached hydrogen (secondary N) is 2. The minimum absolute atomic E-state index is 0.00925. The zero-order chi connectivity index (χ0) is 19.6. The van der Waals surface area contributed by atoms with Crippen molar-refractivity contribution in [3.05, 3.63) is 46.8 Å². The summed E-state index contributed by atoms with van der Waals surface area (Å²) in [4.78, 5) is 36.7. The van der Waals surface area contributed by atoms with Crippen molar-refractivity contribution in [1.82, 2.24) is 20.4 Å². The van der Waals surface area contributed by atoms with E-state index in [9.17, 15) is 14.4 Å². The molecule has 2 aromatic rings. The molecule has 1 aromatic heterocycles. The van der Waals surface area contributed by atoms with Gasteiger partial charge in [-0.2, -0.15) is 5.10 Å². The molecular weight excluding hydrogens is 346 g/mol. The lowest BCUT2D eigenvalue weighted by molar-refractivity contribution is -0.117. The van der Waals surface area contributed by atoms with E-state index in [4.69, 9.17) is 0 Å². The summed E-state index contributed by atoms with van der Waals surface area (Å²) >= 11 is 0. The first-order valence-corrected chi connectivity index (χ1v) is 8.93. The Bertz CT molecular complexity index is 885. The Labute approximate surface area is 157 Å². The van der Waals surface area contributed by atoms with Gasteiger partial charge in [0.25, 0.3) is 5.91 Å². The highest BCUT2D eigenvalue weighted by atomic mass is 16.2. The van der Waals surface area contributed by atoms with Crippen LogP contribution in [0.1, 0.15) is 40.7 Å². The Morgan fingerprint density at radius 3 is 2.52 bits per heavy atom. The zero-order valence-corrected chi connectivity index (χ0v) is 15.7. The van der Waals surface area contributed by atoms with Gasteiger partial charge >= 0.3 is 6.03 Å². The van der Waals surface area contributed by atoms with Gasteiger partial charge in [-0.05, 0) is 44.5 Å². The highest BCUT2D eigenvalue weighted by molar-refractivity contribution is 6.12. The summed E-state index contributed by atoms with van der Waals surface area (Å²) < 4.78 is 1.97. The van der Waals surface area contributed by atoms with Gasteiger partial charge in [-0.1, -0.05) is 6.92 Å². The van der Waals surface area contributed by atoms with E-state index in [1.165, 1.54) is 4.90 Å². The van der Waals surface area contributed by atoms with Crippen molar-refractivity contribution in [1.29, 1.82) is 0 Å². The largest absolute Gasteiger partial charge is 0.348 e. The fourth-order valence-electron chi connectivity index (χ4n) is 3.13. The second kappa shape index (κ2) is 7.61. The van der Waals surface area contributed by atoms with E-state index in [1.807, 2.05) is 18.5 Å². The molecule has 0 aliphatic carbocycles. The van der Waals surface area contributed by atoms with Crippen LogP contribution in [0.2, 0.25) is 0 Å². The monoisotopic (exact) mass is 369 g/mol. The summed E-state index contributed by atoms with van der Waals surface area (Å²) in [6, 6.07) is 6.14. The van der Waals surface area contributed by atoms with Crippen molar-refractivity contribution in [3.8, 4) is 0 Å². The van der Waals surface area contributed by atoms with E-state index in [0.29, 0.717) is 17.8 Å². The van der Waals surface area contributed by atoms with Crippen LogP contribution in [-0.2, 0) is 17.9 Å². The van der Waals surface area contributed by atoms with Gasteiger partial charge in [0.15, 0.2) is 0 Å². The first-order chi connectivity index (χ1) is 12.9. The fourth-order valence-corrected chi connectivity index (χ4v) is 3.13. The third-order valence-corrected chi connectivity index (χ3v) is 4.63. The van der Waals surface area contributed by atoms with Gasteiger partial charge in [0, 0.05) is 35.6 Å². The number of benzene rings is 1. The lowest BCUT2D eigenvalue weighted by Gasteiger charge is -2.13. The smallest absolute Gasteiger partial charge is 0.329 e. The fraction of sp³-hybridized carbons (Fsp3) is 0.368. The topological polar surface area (TPSA) is 96.3 Å². The first-order valence-electron chi connectivity index (χ1n) is 8.93. The van der Waals surface area contributed by atoms with E-state index >= 15 is 0 Å². The van der Waals surface area contributed by atoms with Crippen molar-refractivity contribution in [3.63, 3.8) is 0 Å². The molecule has 4 amide bonds. The van der Waals surface area contributed by atoms with Crippen molar-refractivity contribution in [2.24, 2.45) is 0 Å². The van der Waals surface area contributed by atoms with Gasteiger partial charge in [0.2, 0.25) is 5.91 Å². The molecule has 8 nitrogen and oxygen atoms in total. The molecule has 0 bridgehead atoms. The Morgan fingerprint density at radius 1 is 1.22 bits per heavy atom. The maximum Gasteiger partial charge on any atom is 0.329 e. The lowest BCUT2D eigenvalue weighted by atomic mass is 10.1. The van der Waals surface area contributed by atoms with Crippen molar-refractivity contribution >= 4 is 23.5 Å². The summed E-state index contributed by atoms with van der Waals surface area (Å²) in [6.45, 7) is 7.31. The average molecular weight is 369 g/mol. The maximum atomic E-state index is 12.4. The number of rotatable bonds is 6. The molecule has 1 saturated heterocycles. The Balaban J connectivity index is 1.65. The predicted molar refractivity (Wildman–Crippen MR) is 100 cm³/mol. The van der Waals surface area contributed by atoms with Gasteiger partial charge in [-0.15, -0.1) is 0 Å². The molecule has 8 heteroatoms. The highest BCUT2D eigenvalue weighted by Gasteiger charge is 2.27. The van der Waals surface area contributed by atoms with Crippen LogP contribution in [0.3, 0.4) is 0 Å². The first kappa shape index (κ1) is 18.6. The predicted octanol–water partition coefficient (Wildman–Crippen LogP) is 1.90. The van der Waals surface area contributed by atoms with Gasteiger partial charge in [-0.3, -0.25) is 24.5 Å². The molecule has 0 atom stereocenters. The third-order valence-electron chi connectivity index (χ3n) is 4.63. The van der Waals surface area contributed by atoms with E-state index < -0.39 is 6.03 Å². The molecular formula is C19H23N5O3. The lowest BCUT2D eigenvalue weighted by Crippen LogP contribution is -2.28. The molecule has 1 aliphatic rings. The normalized spacial score (nSPS) is 13.8. The number of nitrogens with zero attached hydrogens (tertiary/aromatic N) is 3. The number of anilines is 1. The molecule has 27 heavy (non-hydrogen) atoms. The number of hydrogen-bond acceptors (Lipinski definition) is 4. The van der Waals surface area contributed by atoms with Crippen LogP contribution >= 0.6 is 0 Å². The molecule has 0 radical (unpaired) electrons.